The molecule has 1 saturated heterocycles. The van der Waals surface area contributed by atoms with Crippen LogP contribution in [0.5, 0.6) is 0 Å². The summed E-state index contributed by atoms with van der Waals surface area (Å²) < 4.78 is 0. The molecular formula is C10H18Cl3NO. The van der Waals surface area contributed by atoms with Crippen molar-refractivity contribution in [1.82, 2.24) is 5.32 Å². The van der Waals surface area contributed by atoms with Crippen LogP contribution in [0, 0.1) is 11.8 Å². The molecule has 90 valence electrons. The van der Waals surface area contributed by atoms with Gasteiger partial charge in [0.1, 0.15) is 4.84 Å². The lowest BCUT2D eigenvalue weighted by Gasteiger charge is -2.31. The van der Waals surface area contributed by atoms with Gasteiger partial charge in [-0.05, 0) is 31.2 Å². The number of hydrogen-bond acceptors (Lipinski definition) is 2. The van der Waals surface area contributed by atoms with E-state index in [4.69, 9.17) is 23.2 Å². The Morgan fingerprint density at radius 3 is 2.73 bits per heavy atom. The van der Waals surface area contributed by atoms with Crippen molar-refractivity contribution in [1.29, 1.82) is 0 Å². The lowest BCUT2D eigenvalue weighted by molar-refractivity contribution is 0.130. The van der Waals surface area contributed by atoms with Gasteiger partial charge in [-0.3, -0.25) is 0 Å². The maximum Gasteiger partial charge on any atom is 0.133 e. The minimum Gasteiger partial charge on any atom is -0.390 e. The zero-order chi connectivity index (χ0) is 10.6. The summed E-state index contributed by atoms with van der Waals surface area (Å²) in [5.41, 5.74) is 0. The Hall–Kier alpha value is 0.530. The molecule has 0 aromatic heterocycles. The molecule has 0 spiro atoms. The van der Waals surface area contributed by atoms with Crippen molar-refractivity contribution in [3.05, 3.63) is 12.7 Å². The molecule has 2 N–H and O–H groups in total. The first-order valence-corrected chi connectivity index (χ1v) is 5.82. The summed E-state index contributed by atoms with van der Waals surface area (Å²) >= 11 is 11.2. The van der Waals surface area contributed by atoms with Crippen LogP contribution in [-0.4, -0.2) is 29.1 Å². The molecule has 0 aliphatic carbocycles. The molecule has 1 rings (SSSR count). The van der Waals surface area contributed by atoms with Gasteiger partial charge in [-0.15, -0.1) is 42.2 Å². The average Bonchev–Trinajstić information content (AvgIpc) is 2.18. The topological polar surface area (TPSA) is 32.3 Å². The van der Waals surface area contributed by atoms with Gasteiger partial charge < -0.3 is 10.4 Å². The van der Waals surface area contributed by atoms with Crippen molar-refractivity contribution >= 4 is 35.6 Å². The number of hydrogen-bond donors (Lipinski definition) is 2. The Morgan fingerprint density at radius 1 is 1.53 bits per heavy atom. The Kier molecular flexibility index (Phi) is 8.02. The first kappa shape index (κ1) is 15.5. The fourth-order valence-electron chi connectivity index (χ4n) is 1.92. The van der Waals surface area contributed by atoms with Crippen LogP contribution >= 0.6 is 35.6 Å². The highest BCUT2D eigenvalue weighted by atomic mass is 35.5. The molecule has 0 saturated carbocycles. The molecule has 0 unspecified atom stereocenters. The smallest absolute Gasteiger partial charge is 0.133 e. The fourth-order valence-corrected chi connectivity index (χ4v) is 2.12. The van der Waals surface area contributed by atoms with E-state index in [1.165, 1.54) is 0 Å². The second kappa shape index (κ2) is 7.75. The second-order valence-corrected chi connectivity index (χ2v) is 4.95. The van der Waals surface area contributed by atoms with Crippen molar-refractivity contribution < 1.29 is 5.11 Å². The molecule has 5 heteroatoms. The summed E-state index contributed by atoms with van der Waals surface area (Å²) in [7, 11) is 0. The average molecular weight is 275 g/mol. The molecule has 2 nitrogen and oxygen atoms in total. The van der Waals surface area contributed by atoms with Crippen LogP contribution in [0.1, 0.15) is 12.8 Å². The standard InChI is InChI=1S/C10H17Cl2NO.ClH/c1-2-7-6-13-4-3-8(7)5-9(14)10(11)12;/h2,7-10,13-14H,1,3-6H2;1H/t7-,8-,9+;/m0./s1. The van der Waals surface area contributed by atoms with Crippen molar-refractivity contribution in [2.24, 2.45) is 11.8 Å². The zero-order valence-electron chi connectivity index (χ0n) is 8.53. The summed E-state index contributed by atoms with van der Waals surface area (Å²) in [4.78, 5) is -0.685. The monoisotopic (exact) mass is 273 g/mol. The predicted molar refractivity (Wildman–Crippen MR) is 68.0 cm³/mol. The van der Waals surface area contributed by atoms with Crippen LogP contribution < -0.4 is 5.32 Å². The van der Waals surface area contributed by atoms with Gasteiger partial charge in [0, 0.05) is 6.54 Å². The Balaban J connectivity index is 0.00000196. The molecular weight excluding hydrogens is 256 g/mol. The van der Waals surface area contributed by atoms with Gasteiger partial charge in [-0.25, -0.2) is 0 Å². The van der Waals surface area contributed by atoms with Gasteiger partial charge in [0.15, 0.2) is 0 Å². The Labute approximate surface area is 107 Å². The fraction of sp³-hybridized carbons (Fsp3) is 0.800. The summed E-state index contributed by atoms with van der Waals surface area (Å²) in [5, 5.41) is 12.9. The highest BCUT2D eigenvalue weighted by Gasteiger charge is 2.26. The summed E-state index contributed by atoms with van der Waals surface area (Å²) in [6.45, 7) is 5.74. The molecule has 0 amide bonds. The van der Waals surface area contributed by atoms with Crippen LogP contribution in [0.4, 0.5) is 0 Å². The zero-order valence-corrected chi connectivity index (χ0v) is 10.9. The number of nitrogens with one attached hydrogen (secondary N) is 1. The third-order valence-electron chi connectivity index (χ3n) is 2.82. The van der Waals surface area contributed by atoms with E-state index in [-0.39, 0.29) is 12.4 Å². The van der Waals surface area contributed by atoms with Crippen LogP contribution in [0.3, 0.4) is 0 Å². The van der Waals surface area contributed by atoms with E-state index in [0.717, 1.165) is 19.5 Å². The lowest BCUT2D eigenvalue weighted by atomic mass is 9.83. The number of halogens is 3. The summed E-state index contributed by atoms with van der Waals surface area (Å²) in [5.74, 6) is 0.870. The number of piperidine rings is 1. The Bertz CT molecular complexity index is 190. The SMILES string of the molecule is C=C[C@H]1CNCC[C@H]1C[C@@H](O)C(Cl)Cl.Cl. The molecule has 3 atom stereocenters. The largest absolute Gasteiger partial charge is 0.390 e. The van der Waals surface area contributed by atoms with Gasteiger partial charge in [-0.1, -0.05) is 6.08 Å². The first-order valence-electron chi connectivity index (χ1n) is 4.94. The van der Waals surface area contributed by atoms with E-state index in [9.17, 15) is 5.11 Å². The van der Waals surface area contributed by atoms with Crippen molar-refractivity contribution in [3.8, 4) is 0 Å². The van der Waals surface area contributed by atoms with E-state index < -0.39 is 10.9 Å². The predicted octanol–water partition coefficient (Wildman–Crippen LogP) is 2.37. The maximum atomic E-state index is 9.57. The highest BCUT2D eigenvalue weighted by molar-refractivity contribution is 6.44. The summed E-state index contributed by atoms with van der Waals surface area (Å²) in [6.07, 6.45) is 3.04. The van der Waals surface area contributed by atoms with Gasteiger partial charge in [0.05, 0.1) is 6.10 Å². The third-order valence-corrected chi connectivity index (χ3v) is 3.40. The minimum atomic E-state index is -0.685. The third kappa shape index (κ3) is 4.92. The van der Waals surface area contributed by atoms with Crippen molar-refractivity contribution in [2.45, 2.75) is 23.8 Å². The molecule has 1 aliphatic heterocycles. The lowest BCUT2D eigenvalue weighted by Crippen LogP contribution is -2.37. The number of rotatable bonds is 4. The van der Waals surface area contributed by atoms with Crippen molar-refractivity contribution in [2.75, 3.05) is 13.1 Å². The highest BCUT2D eigenvalue weighted by Crippen LogP contribution is 2.27. The van der Waals surface area contributed by atoms with Crippen LogP contribution in [0.25, 0.3) is 0 Å². The van der Waals surface area contributed by atoms with Crippen LogP contribution in [-0.2, 0) is 0 Å². The Morgan fingerprint density at radius 2 is 2.20 bits per heavy atom. The van der Waals surface area contributed by atoms with Crippen molar-refractivity contribution in [3.63, 3.8) is 0 Å². The molecule has 1 fully saturated rings. The number of aliphatic hydroxyl groups is 1. The maximum absolute atomic E-state index is 9.57. The van der Waals surface area contributed by atoms with E-state index >= 15 is 0 Å². The number of aliphatic hydroxyl groups excluding tert-OH is 1. The van der Waals surface area contributed by atoms with Gasteiger partial charge in [0.25, 0.3) is 0 Å². The van der Waals surface area contributed by atoms with Gasteiger partial charge in [0.2, 0.25) is 0 Å². The molecule has 1 aliphatic rings. The molecule has 0 radical (unpaired) electrons. The molecule has 0 bridgehead atoms. The van der Waals surface area contributed by atoms with E-state index in [2.05, 4.69) is 11.9 Å². The van der Waals surface area contributed by atoms with E-state index in [0.29, 0.717) is 18.3 Å². The molecule has 0 aromatic rings. The number of alkyl halides is 2. The summed E-state index contributed by atoms with van der Waals surface area (Å²) in [6, 6.07) is 0. The molecule has 0 aromatic carbocycles. The van der Waals surface area contributed by atoms with E-state index in [1.807, 2.05) is 6.08 Å². The first-order chi connectivity index (χ1) is 6.65. The van der Waals surface area contributed by atoms with Gasteiger partial charge in [-0.2, -0.15) is 0 Å². The van der Waals surface area contributed by atoms with Crippen LogP contribution in [0.15, 0.2) is 12.7 Å². The molecule has 15 heavy (non-hydrogen) atoms. The van der Waals surface area contributed by atoms with Crippen LogP contribution in [0.2, 0.25) is 0 Å². The van der Waals surface area contributed by atoms with Gasteiger partial charge >= 0.3 is 0 Å². The molecule has 1 heterocycles. The van der Waals surface area contributed by atoms with E-state index in [1.54, 1.807) is 0 Å². The normalized spacial score (nSPS) is 28.3. The quantitative estimate of drug-likeness (QED) is 0.609. The second-order valence-electron chi connectivity index (χ2n) is 3.79. The minimum absolute atomic E-state index is 0.